The first kappa shape index (κ1) is 16.6. The molecule has 2 rings (SSSR count). The van der Waals surface area contributed by atoms with E-state index in [1.165, 1.54) is 35.6 Å². The summed E-state index contributed by atoms with van der Waals surface area (Å²) in [4.78, 5) is 35.2. The summed E-state index contributed by atoms with van der Waals surface area (Å²) in [7, 11) is 0. The highest BCUT2D eigenvalue weighted by atomic mass is 32.1. The van der Waals surface area contributed by atoms with Crippen molar-refractivity contribution in [3.05, 3.63) is 52.0 Å². The van der Waals surface area contributed by atoms with E-state index in [0.717, 1.165) is 5.56 Å². The molecule has 1 aromatic heterocycles. The molecule has 3 amide bonds. The van der Waals surface area contributed by atoms with Crippen LogP contribution in [0, 0.1) is 12.7 Å². The van der Waals surface area contributed by atoms with Gasteiger partial charge in [-0.3, -0.25) is 10.1 Å². The van der Waals surface area contributed by atoms with E-state index < -0.39 is 30.3 Å². The molecule has 0 atom stereocenters. The van der Waals surface area contributed by atoms with E-state index in [-0.39, 0.29) is 5.69 Å². The molecule has 0 spiro atoms. The fourth-order valence-electron chi connectivity index (χ4n) is 1.66. The van der Waals surface area contributed by atoms with Crippen LogP contribution in [0.15, 0.2) is 35.7 Å². The van der Waals surface area contributed by atoms with Crippen LogP contribution in [0.4, 0.5) is 14.9 Å². The lowest BCUT2D eigenvalue weighted by molar-refractivity contribution is -0.123. The van der Waals surface area contributed by atoms with Gasteiger partial charge in [0.1, 0.15) is 10.7 Å². The SMILES string of the molecule is Cc1ccsc1C(=O)OCC(=O)NC(=O)Nc1ccccc1F. The van der Waals surface area contributed by atoms with Gasteiger partial charge in [-0.25, -0.2) is 14.0 Å². The van der Waals surface area contributed by atoms with E-state index >= 15 is 0 Å². The molecule has 0 radical (unpaired) electrons. The number of ether oxygens (including phenoxy) is 1. The van der Waals surface area contributed by atoms with Gasteiger partial charge in [0.25, 0.3) is 5.91 Å². The maximum atomic E-state index is 13.3. The third-order valence-corrected chi connectivity index (χ3v) is 3.75. The minimum Gasteiger partial charge on any atom is -0.451 e. The number of carbonyl (C=O) groups excluding carboxylic acids is 3. The predicted molar refractivity (Wildman–Crippen MR) is 82.9 cm³/mol. The van der Waals surface area contributed by atoms with Gasteiger partial charge in [0.2, 0.25) is 0 Å². The number of esters is 1. The van der Waals surface area contributed by atoms with E-state index in [2.05, 4.69) is 5.32 Å². The highest BCUT2D eigenvalue weighted by molar-refractivity contribution is 7.12. The lowest BCUT2D eigenvalue weighted by atomic mass is 10.3. The second-order valence-electron chi connectivity index (χ2n) is 4.49. The zero-order chi connectivity index (χ0) is 16.8. The van der Waals surface area contributed by atoms with Crippen LogP contribution in [0.2, 0.25) is 0 Å². The fraction of sp³-hybridized carbons (Fsp3) is 0.133. The van der Waals surface area contributed by atoms with Crippen LogP contribution in [-0.2, 0) is 9.53 Å². The Kier molecular flexibility index (Phi) is 5.42. The second-order valence-corrected chi connectivity index (χ2v) is 5.41. The fourth-order valence-corrected chi connectivity index (χ4v) is 2.47. The van der Waals surface area contributed by atoms with Crippen molar-refractivity contribution >= 4 is 34.9 Å². The second kappa shape index (κ2) is 7.50. The van der Waals surface area contributed by atoms with Gasteiger partial charge < -0.3 is 10.1 Å². The van der Waals surface area contributed by atoms with Crippen LogP contribution in [0.5, 0.6) is 0 Å². The lowest BCUT2D eigenvalue weighted by Gasteiger charge is -2.08. The Morgan fingerprint density at radius 2 is 1.96 bits per heavy atom. The molecule has 0 aliphatic heterocycles. The molecular formula is C15H13FN2O4S. The number of amides is 3. The number of hydrogen-bond donors (Lipinski definition) is 2. The van der Waals surface area contributed by atoms with Crippen LogP contribution in [0.1, 0.15) is 15.2 Å². The Morgan fingerprint density at radius 1 is 1.22 bits per heavy atom. The minimum atomic E-state index is -0.913. The smallest absolute Gasteiger partial charge is 0.349 e. The third-order valence-electron chi connectivity index (χ3n) is 2.76. The Hall–Kier alpha value is -2.74. The number of hydrogen-bond acceptors (Lipinski definition) is 5. The van der Waals surface area contributed by atoms with Gasteiger partial charge in [-0.05, 0) is 36.1 Å². The molecule has 0 aliphatic carbocycles. The molecule has 0 unspecified atom stereocenters. The van der Waals surface area contributed by atoms with Gasteiger partial charge >= 0.3 is 12.0 Å². The molecule has 23 heavy (non-hydrogen) atoms. The first-order chi connectivity index (χ1) is 11.0. The number of benzene rings is 1. The monoisotopic (exact) mass is 336 g/mol. The predicted octanol–water partition coefficient (Wildman–Crippen LogP) is 2.70. The van der Waals surface area contributed by atoms with Crippen molar-refractivity contribution in [2.45, 2.75) is 6.92 Å². The van der Waals surface area contributed by atoms with Crippen molar-refractivity contribution in [1.82, 2.24) is 5.32 Å². The number of para-hydroxylation sites is 1. The molecule has 120 valence electrons. The van der Waals surface area contributed by atoms with E-state index in [9.17, 15) is 18.8 Å². The molecule has 8 heteroatoms. The molecule has 6 nitrogen and oxygen atoms in total. The highest BCUT2D eigenvalue weighted by Gasteiger charge is 2.15. The number of carbonyl (C=O) groups is 3. The Labute approximate surface area is 135 Å². The molecule has 0 fully saturated rings. The highest BCUT2D eigenvalue weighted by Crippen LogP contribution is 2.16. The van der Waals surface area contributed by atoms with Gasteiger partial charge in [0.15, 0.2) is 6.61 Å². The molecule has 1 aromatic carbocycles. The molecule has 2 N–H and O–H groups in total. The van der Waals surface area contributed by atoms with Crippen molar-refractivity contribution in [2.24, 2.45) is 0 Å². The van der Waals surface area contributed by atoms with Crippen LogP contribution in [0.3, 0.4) is 0 Å². The molecule has 1 heterocycles. The minimum absolute atomic E-state index is 0.0657. The van der Waals surface area contributed by atoms with Crippen LogP contribution < -0.4 is 10.6 Å². The third kappa shape index (κ3) is 4.62. The van der Waals surface area contributed by atoms with Gasteiger partial charge in [-0.1, -0.05) is 12.1 Å². The van der Waals surface area contributed by atoms with Gasteiger partial charge in [-0.2, -0.15) is 0 Å². The van der Waals surface area contributed by atoms with Crippen LogP contribution >= 0.6 is 11.3 Å². The topological polar surface area (TPSA) is 84.5 Å². The summed E-state index contributed by atoms with van der Waals surface area (Å²) in [6.45, 7) is 1.13. The van der Waals surface area contributed by atoms with Crippen molar-refractivity contribution < 1.29 is 23.5 Å². The summed E-state index contributed by atoms with van der Waals surface area (Å²) in [5.41, 5.74) is 0.682. The largest absolute Gasteiger partial charge is 0.451 e. The zero-order valence-corrected chi connectivity index (χ0v) is 12.9. The normalized spacial score (nSPS) is 10.0. The number of thiophene rings is 1. The van der Waals surface area contributed by atoms with Crippen LogP contribution in [-0.4, -0.2) is 24.5 Å². The zero-order valence-electron chi connectivity index (χ0n) is 12.1. The average molecular weight is 336 g/mol. The van der Waals surface area contributed by atoms with E-state index in [4.69, 9.17) is 4.74 Å². The number of urea groups is 1. The van der Waals surface area contributed by atoms with E-state index in [1.54, 1.807) is 18.4 Å². The summed E-state index contributed by atoms with van der Waals surface area (Å²) in [6.07, 6.45) is 0. The molecular weight excluding hydrogens is 323 g/mol. The van der Waals surface area contributed by atoms with Gasteiger partial charge in [-0.15, -0.1) is 11.3 Å². The maximum absolute atomic E-state index is 13.3. The summed E-state index contributed by atoms with van der Waals surface area (Å²) >= 11 is 1.20. The molecule has 0 saturated carbocycles. The molecule has 0 saturated heterocycles. The summed E-state index contributed by atoms with van der Waals surface area (Å²) in [6, 6.07) is 6.36. The number of nitrogens with one attached hydrogen (secondary N) is 2. The van der Waals surface area contributed by atoms with E-state index in [0.29, 0.717) is 4.88 Å². The van der Waals surface area contributed by atoms with Gasteiger partial charge in [0, 0.05) is 0 Å². The molecule has 0 aliphatic rings. The van der Waals surface area contributed by atoms with Crippen molar-refractivity contribution in [3.63, 3.8) is 0 Å². The average Bonchev–Trinajstić information content (AvgIpc) is 2.93. The maximum Gasteiger partial charge on any atom is 0.349 e. The van der Waals surface area contributed by atoms with Crippen molar-refractivity contribution in [2.75, 3.05) is 11.9 Å². The number of rotatable bonds is 4. The number of halogens is 1. The Bertz CT molecular complexity index is 745. The number of imide groups is 1. The number of anilines is 1. The first-order valence-corrected chi connectivity index (χ1v) is 7.42. The summed E-state index contributed by atoms with van der Waals surface area (Å²) < 4.78 is 18.1. The Morgan fingerprint density at radius 3 is 2.61 bits per heavy atom. The Balaban J connectivity index is 1.81. The van der Waals surface area contributed by atoms with Crippen molar-refractivity contribution in [1.29, 1.82) is 0 Å². The summed E-state index contributed by atoms with van der Waals surface area (Å²) in [5.74, 6) is -2.08. The first-order valence-electron chi connectivity index (χ1n) is 6.54. The number of aryl methyl sites for hydroxylation is 1. The standard InChI is InChI=1S/C15H13FN2O4S/c1-9-6-7-23-13(9)14(20)22-8-12(19)18-15(21)17-11-5-3-2-4-10(11)16/h2-7H,8H2,1H3,(H2,17,18,19,21). The quantitative estimate of drug-likeness (QED) is 0.841. The molecule has 0 bridgehead atoms. The van der Waals surface area contributed by atoms with Crippen molar-refractivity contribution in [3.8, 4) is 0 Å². The van der Waals surface area contributed by atoms with E-state index in [1.807, 2.05) is 5.32 Å². The molecule has 2 aromatic rings. The van der Waals surface area contributed by atoms with Gasteiger partial charge in [0.05, 0.1) is 5.69 Å². The lowest BCUT2D eigenvalue weighted by Crippen LogP contribution is -2.37. The van der Waals surface area contributed by atoms with Crippen LogP contribution in [0.25, 0.3) is 0 Å². The summed E-state index contributed by atoms with van der Waals surface area (Å²) in [5, 5.41) is 5.85.